The lowest BCUT2D eigenvalue weighted by atomic mass is 10.0. The Labute approximate surface area is 222 Å². The zero-order valence-corrected chi connectivity index (χ0v) is 21.6. The maximum atomic E-state index is 13.1. The molecule has 0 aliphatic rings. The molecule has 0 spiro atoms. The number of benzene rings is 2. The Hall–Kier alpha value is -4.45. The highest BCUT2D eigenvalue weighted by Gasteiger charge is 2.38. The molecule has 0 radical (unpaired) electrons. The Morgan fingerprint density at radius 1 is 1.05 bits per heavy atom. The summed E-state index contributed by atoms with van der Waals surface area (Å²) in [5.41, 5.74) is 4.48. The first-order valence-corrected chi connectivity index (χ1v) is 11.8. The number of fused-ring (bicyclic) bond motifs is 1. The van der Waals surface area contributed by atoms with Gasteiger partial charge in [-0.3, -0.25) is 14.5 Å². The molecule has 0 atom stereocenters. The number of hydrogen-bond acceptors (Lipinski definition) is 6. The number of carbonyl (C=O) groups excluding carboxylic acids is 1. The number of pyridine rings is 1. The summed E-state index contributed by atoms with van der Waals surface area (Å²) in [6, 6.07) is 17.7. The molecule has 0 bridgehead atoms. The monoisotopic (exact) mass is 543 g/mol. The number of aromatic nitrogens is 3. The summed E-state index contributed by atoms with van der Waals surface area (Å²) in [5.74, 6) is -2.19. The van der Waals surface area contributed by atoms with E-state index in [0.717, 1.165) is 39.9 Å². The number of ether oxygens (including phenoxy) is 1. The minimum Gasteiger partial charge on any atom is -0.497 e. The van der Waals surface area contributed by atoms with Gasteiger partial charge in [0.2, 0.25) is 0 Å². The molecule has 4 aromatic rings. The Balaban J connectivity index is 0.000000532. The van der Waals surface area contributed by atoms with Gasteiger partial charge >= 0.3 is 12.1 Å². The van der Waals surface area contributed by atoms with Crippen LogP contribution in [0, 0.1) is 0 Å². The van der Waals surface area contributed by atoms with Crippen molar-refractivity contribution in [3.63, 3.8) is 0 Å². The van der Waals surface area contributed by atoms with Crippen molar-refractivity contribution in [2.45, 2.75) is 19.3 Å². The van der Waals surface area contributed by atoms with E-state index in [1.807, 2.05) is 67.3 Å². The molecule has 2 heterocycles. The van der Waals surface area contributed by atoms with Crippen LogP contribution in [-0.4, -0.2) is 70.6 Å². The molecular formula is C27H28F3N5O4. The van der Waals surface area contributed by atoms with Gasteiger partial charge in [-0.05, 0) is 67.2 Å². The summed E-state index contributed by atoms with van der Waals surface area (Å²) in [6.45, 7) is 1.91. The average molecular weight is 544 g/mol. The second-order valence-electron chi connectivity index (χ2n) is 8.68. The minimum atomic E-state index is -5.08. The van der Waals surface area contributed by atoms with Crippen molar-refractivity contribution in [1.29, 1.82) is 0 Å². The number of rotatable bonds is 8. The highest BCUT2D eigenvalue weighted by molar-refractivity contribution is 6.05. The van der Waals surface area contributed by atoms with E-state index in [9.17, 15) is 18.0 Å². The van der Waals surface area contributed by atoms with E-state index in [1.54, 1.807) is 19.5 Å². The van der Waals surface area contributed by atoms with Crippen molar-refractivity contribution in [3.8, 4) is 16.9 Å². The third kappa shape index (κ3) is 8.01. The Morgan fingerprint density at radius 3 is 2.36 bits per heavy atom. The number of nitrogens with one attached hydrogen (secondary N) is 1. The summed E-state index contributed by atoms with van der Waals surface area (Å²) in [5, 5.41) is 15.6. The van der Waals surface area contributed by atoms with Crippen LogP contribution >= 0.6 is 0 Å². The van der Waals surface area contributed by atoms with Crippen LogP contribution in [0.1, 0.15) is 16.1 Å². The van der Waals surface area contributed by atoms with Gasteiger partial charge in [-0.1, -0.05) is 18.2 Å². The molecule has 0 saturated heterocycles. The second kappa shape index (κ2) is 12.9. The molecule has 0 saturated carbocycles. The molecule has 0 aliphatic heterocycles. The normalized spacial score (nSPS) is 11.2. The fourth-order valence-corrected chi connectivity index (χ4v) is 3.58. The third-order valence-corrected chi connectivity index (χ3v) is 5.57. The van der Waals surface area contributed by atoms with Crippen LogP contribution in [0.15, 0.2) is 67.0 Å². The van der Waals surface area contributed by atoms with Crippen LogP contribution in [0.2, 0.25) is 0 Å². The summed E-state index contributed by atoms with van der Waals surface area (Å²) in [7, 11) is 5.68. The molecule has 4 rings (SSSR count). The van der Waals surface area contributed by atoms with Crippen LogP contribution in [0.5, 0.6) is 5.75 Å². The first-order chi connectivity index (χ1) is 18.5. The fourth-order valence-electron chi connectivity index (χ4n) is 3.58. The Bertz CT molecular complexity index is 1420. The lowest BCUT2D eigenvalue weighted by Crippen LogP contribution is -2.24. The van der Waals surface area contributed by atoms with E-state index >= 15 is 0 Å². The first-order valence-electron chi connectivity index (χ1n) is 11.8. The highest BCUT2D eigenvalue weighted by Crippen LogP contribution is 2.26. The molecule has 2 aromatic carbocycles. The van der Waals surface area contributed by atoms with Gasteiger partial charge in [0.05, 0.1) is 19.2 Å². The number of alkyl halides is 3. The minimum absolute atomic E-state index is 0.196. The van der Waals surface area contributed by atoms with Crippen LogP contribution in [0.4, 0.5) is 13.2 Å². The number of nitrogens with zero attached hydrogens (tertiary/aromatic N) is 4. The predicted octanol–water partition coefficient (Wildman–Crippen LogP) is 4.23. The molecule has 2 aromatic heterocycles. The quantitative estimate of drug-likeness (QED) is 0.342. The number of methoxy groups -OCH3 is 1. The molecule has 0 fully saturated rings. The van der Waals surface area contributed by atoms with Gasteiger partial charge in [-0.2, -0.15) is 18.3 Å². The Kier molecular flexibility index (Phi) is 9.61. The molecule has 39 heavy (non-hydrogen) atoms. The molecule has 9 nitrogen and oxygen atoms in total. The first kappa shape index (κ1) is 29.1. The molecule has 1 amide bonds. The summed E-state index contributed by atoms with van der Waals surface area (Å²) in [6.07, 6.45) is -1.53. The zero-order valence-electron chi connectivity index (χ0n) is 21.6. The van der Waals surface area contributed by atoms with E-state index in [4.69, 9.17) is 14.6 Å². The van der Waals surface area contributed by atoms with Gasteiger partial charge in [0.25, 0.3) is 5.91 Å². The average Bonchev–Trinajstić information content (AvgIpc) is 3.29. The standard InChI is InChI=1S/C25H27N5O2.C2HF3O2/c1-29(2)13-14-30-23-16-20(19-9-11-26-12-10-19)7-8-22(23)24(28-30)25(31)27-17-18-5-4-6-21(15-18)32-3;3-2(4,5)1(6)7/h4-12,15-16H,13-14,17H2,1-3H3,(H,27,31);(H,6,7). The van der Waals surface area contributed by atoms with Crippen molar-refractivity contribution in [3.05, 3.63) is 78.2 Å². The SMILES string of the molecule is COc1cccc(CNC(=O)c2nn(CCN(C)C)c3cc(-c4ccncc4)ccc23)c1.O=C(O)C(F)(F)F. The molecular weight excluding hydrogens is 515 g/mol. The maximum absolute atomic E-state index is 13.1. The molecule has 206 valence electrons. The summed E-state index contributed by atoms with van der Waals surface area (Å²) < 4.78 is 38.9. The second-order valence-corrected chi connectivity index (χ2v) is 8.68. The number of aliphatic carboxylic acids is 1. The van der Waals surface area contributed by atoms with E-state index in [0.29, 0.717) is 18.8 Å². The number of carboxylic acid groups (broad SMARTS) is 1. The lowest BCUT2D eigenvalue weighted by molar-refractivity contribution is -0.192. The number of halogens is 3. The van der Waals surface area contributed by atoms with Crippen molar-refractivity contribution >= 4 is 22.8 Å². The number of amides is 1. The van der Waals surface area contributed by atoms with E-state index in [2.05, 4.69) is 26.4 Å². The molecule has 0 aliphatic carbocycles. The van der Waals surface area contributed by atoms with E-state index < -0.39 is 12.1 Å². The maximum Gasteiger partial charge on any atom is 0.490 e. The van der Waals surface area contributed by atoms with Gasteiger partial charge in [-0.25, -0.2) is 4.79 Å². The summed E-state index contributed by atoms with van der Waals surface area (Å²) >= 11 is 0. The largest absolute Gasteiger partial charge is 0.497 e. The highest BCUT2D eigenvalue weighted by atomic mass is 19.4. The summed E-state index contributed by atoms with van der Waals surface area (Å²) in [4.78, 5) is 28.2. The van der Waals surface area contributed by atoms with Crippen LogP contribution in [0.3, 0.4) is 0 Å². The molecule has 12 heteroatoms. The third-order valence-electron chi connectivity index (χ3n) is 5.57. The van der Waals surface area contributed by atoms with Gasteiger partial charge in [0.1, 0.15) is 5.75 Å². The van der Waals surface area contributed by atoms with Gasteiger partial charge in [-0.15, -0.1) is 0 Å². The molecule has 0 unspecified atom stereocenters. The topological polar surface area (TPSA) is 110 Å². The fraction of sp³-hybridized carbons (Fsp3) is 0.259. The van der Waals surface area contributed by atoms with Gasteiger partial charge in [0, 0.05) is 30.9 Å². The van der Waals surface area contributed by atoms with Gasteiger partial charge < -0.3 is 20.1 Å². The lowest BCUT2D eigenvalue weighted by Gasteiger charge is -2.10. The zero-order chi connectivity index (χ0) is 28.6. The van der Waals surface area contributed by atoms with E-state index in [1.165, 1.54) is 0 Å². The van der Waals surface area contributed by atoms with Crippen LogP contribution < -0.4 is 10.1 Å². The van der Waals surface area contributed by atoms with Crippen molar-refractivity contribution < 1.29 is 32.6 Å². The number of carboxylic acids is 1. The van der Waals surface area contributed by atoms with Crippen molar-refractivity contribution in [1.82, 2.24) is 25.0 Å². The number of carbonyl (C=O) groups is 2. The van der Waals surface area contributed by atoms with Gasteiger partial charge in [0.15, 0.2) is 5.69 Å². The molecule has 2 N–H and O–H groups in total. The van der Waals surface area contributed by atoms with E-state index in [-0.39, 0.29) is 5.91 Å². The smallest absolute Gasteiger partial charge is 0.490 e. The van der Waals surface area contributed by atoms with Crippen LogP contribution in [-0.2, 0) is 17.9 Å². The van der Waals surface area contributed by atoms with Crippen molar-refractivity contribution in [2.24, 2.45) is 0 Å². The Morgan fingerprint density at radius 2 is 1.74 bits per heavy atom. The van der Waals surface area contributed by atoms with Crippen molar-refractivity contribution in [2.75, 3.05) is 27.7 Å². The number of hydrogen-bond donors (Lipinski definition) is 2. The number of likely N-dealkylation sites (N-methyl/N-ethyl adjacent to an activating group) is 1. The predicted molar refractivity (Wildman–Crippen MR) is 139 cm³/mol. The van der Waals surface area contributed by atoms with Crippen LogP contribution in [0.25, 0.3) is 22.0 Å².